The topological polar surface area (TPSA) is 54.9 Å². The third kappa shape index (κ3) is 2.94. The molecule has 0 saturated carbocycles. The lowest BCUT2D eigenvalue weighted by Crippen LogP contribution is -2.27. The maximum Gasteiger partial charge on any atom is 0.271 e. The Morgan fingerprint density at radius 3 is 2.52 bits per heavy atom. The fraction of sp³-hybridized carbons (Fsp3) is 0.0952. The van der Waals surface area contributed by atoms with Gasteiger partial charge in [-0.15, -0.1) is 0 Å². The van der Waals surface area contributed by atoms with Gasteiger partial charge in [-0.1, -0.05) is 54.6 Å². The standard InChI is InChI=1S/C21H17N3O/c1-14(16-10-6-8-15-7-2-3-9-17(15)16)23-21(25)20-13-22-18-11-4-5-12-19(18)24-20/h2-14H,1H3,(H,23,25). The van der Waals surface area contributed by atoms with Crippen LogP contribution in [-0.4, -0.2) is 15.9 Å². The normalized spacial score (nSPS) is 12.2. The van der Waals surface area contributed by atoms with Crippen molar-refractivity contribution in [3.63, 3.8) is 0 Å². The Hall–Kier alpha value is -3.27. The lowest BCUT2D eigenvalue weighted by molar-refractivity contribution is 0.0935. The molecule has 1 atom stereocenters. The number of nitrogens with one attached hydrogen (secondary N) is 1. The van der Waals surface area contributed by atoms with Gasteiger partial charge in [0.15, 0.2) is 0 Å². The predicted octanol–water partition coefficient (Wildman–Crippen LogP) is 4.27. The number of hydrogen-bond donors (Lipinski definition) is 1. The molecule has 4 aromatic rings. The molecule has 25 heavy (non-hydrogen) atoms. The van der Waals surface area contributed by atoms with Gasteiger partial charge in [0.1, 0.15) is 5.69 Å². The van der Waals surface area contributed by atoms with E-state index in [0.717, 1.165) is 21.9 Å². The molecule has 0 aliphatic rings. The van der Waals surface area contributed by atoms with Crippen molar-refractivity contribution in [3.05, 3.63) is 84.2 Å². The molecule has 1 unspecified atom stereocenters. The number of amides is 1. The summed E-state index contributed by atoms with van der Waals surface area (Å²) in [5.41, 5.74) is 2.90. The molecule has 4 nitrogen and oxygen atoms in total. The van der Waals surface area contributed by atoms with Crippen LogP contribution in [0.25, 0.3) is 21.8 Å². The highest BCUT2D eigenvalue weighted by atomic mass is 16.1. The van der Waals surface area contributed by atoms with Crippen molar-refractivity contribution in [1.82, 2.24) is 15.3 Å². The van der Waals surface area contributed by atoms with Crippen LogP contribution in [0.1, 0.15) is 29.0 Å². The number of fused-ring (bicyclic) bond motifs is 2. The van der Waals surface area contributed by atoms with E-state index in [1.807, 2.05) is 55.5 Å². The number of rotatable bonds is 3. The number of aromatic nitrogens is 2. The average Bonchev–Trinajstić information content (AvgIpc) is 2.67. The second-order valence-electron chi connectivity index (χ2n) is 6.01. The van der Waals surface area contributed by atoms with E-state index in [4.69, 9.17) is 0 Å². The molecule has 0 bridgehead atoms. The molecule has 0 radical (unpaired) electrons. The largest absolute Gasteiger partial charge is 0.344 e. The van der Waals surface area contributed by atoms with Gasteiger partial charge in [-0.3, -0.25) is 9.78 Å². The summed E-state index contributed by atoms with van der Waals surface area (Å²) in [6.45, 7) is 1.98. The Labute approximate surface area is 145 Å². The molecular formula is C21H17N3O. The van der Waals surface area contributed by atoms with Gasteiger partial charge in [0.25, 0.3) is 5.91 Å². The first-order valence-electron chi connectivity index (χ1n) is 8.23. The number of carbonyl (C=O) groups is 1. The van der Waals surface area contributed by atoms with Gasteiger partial charge < -0.3 is 5.32 Å². The Bertz CT molecular complexity index is 1070. The second kappa shape index (κ2) is 6.32. The van der Waals surface area contributed by atoms with Gasteiger partial charge in [0.05, 0.1) is 23.3 Å². The molecule has 1 N–H and O–H groups in total. The fourth-order valence-corrected chi connectivity index (χ4v) is 3.04. The van der Waals surface area contributed by atoms with E-state index in [-0.39, 0.29) is 11.9 Å². The fourth-order valence-electron chi connectivity index (χ4n) is 3.04. The number of nitrogens with zero attached hydrogens (tertiary/aromatic N) is 2. The minimum Gasteiger partial charge on any atom is -0.344 e. The summed E-state index contributed by atoms with van der Waals surface area (Å²) in [4.78, 5) is 21.3. The third-order valence-electron chi connectivity index (χ3n) is 4.32. The first kappa shape index (κ1) is 15.3. The van der Waals surface area contributed by atoms with Crippen LogP contribution in [0.2, 0.25) is 0 Å². The zero-order chi connectivity index (χ0) is 17.2. The minimum absolute atomic E-state index is 0.133. The van der Waals surface area contributed by atoms with E-state index >= 15 is 0 Å². The summed E-state index contributed by atoms with van der Waals surface area (Å²) < 4.78 is 0. The van der Waals surface area contributed by atoms with E-state index in [0.29, 0.717) is 11.2 Å². The Kier molecular flexibility index (Phi) is 3.86. The molecule has 122 valence electrons. The first-order valence-corrected chi connectivity index (χ1v) is 8.23. The Morgan fingerprint density at radius 1 is 0.920 bits per heavy atom. The highest BCUT2D eigenvalue weighted by Gasteiger charge is 2.15. The van der Waals surface area contributed by atoms with Crippen molar-refractivity contribution in [2.75, 3.05) is 0 Å². The maximum absolute atomic E-state index is 12.6. The highest BCUT2D eigenvalue weighted by Crippen LogP contribution is 2.24. The summed E-state index contributed by atoms with van der Waals surface area (Å²) in [5, 5.41) is 5.33. The van der Waals surface area contributed by atoms with Gasteiger partial charge in [-0.2, -0.15) is 0 Å². The van der Waals surface area contributed by atoms with Crippen molar-refractivity contribution in [3.8, 4) is 0 Å². The van der Waals surface area contributed by atoms with Crippen LogP contribution in [0.15, 0.2) is 72.9 Å². The van der Waals surface area contributed by atoms with Crippen molar-refractivity contribution >= 4 is 27.7 Å². The van der Waals surface area contributed by atoms with E-state index in [1.54, 1.807) is 0 Å². The summed E-state index contributed by atoms with van der Waals surface area (Å²) in [6.07, 6.45) is 1.52. The first-order chi connectivity index (χ1) is 12.2. The molecule has 0 aliphatic carbocycles. The van der Waals surface area contributed by atoms with Crippen LogP contribution in [0, 0.1) is 0 Å². The Balaban J connectivity index is 1.62. The molecule has 1 heterocycles. The molecule has 1 amide bonds. The van der Waals surface area contributed by atoms with Crippen LogP contribution in [0.5, 0.6) is 0 Å². The van der Waals surface area contributed by atoms with E-state index in [2.05, 4.69) is 33.5 Å². The molecular weight excluding hydrogens is 310 g/mol. The van der Waals surface area contributed by atoms with Crippen LogP contribution in [0.4, 0.5) is 0 Å². The zero-order valence-corrected chi connectivity index (χ0v) is 13.8. The predicted molar refractivity (Wildman–Crippen MR) is 99.4 cm³/mol. The van der Waals surface area contributed by atoms with Crippen molar-refractivity contribution in [2.45, 2.75) is 13.0 Å². The molecule has 4 heteroatoms. The number of benzene rings is 3. The smallest absolute Gasteiger partial charge is 0.271 e. The number of hydrogen-bond acceptors (Lipinski definition) is 3. The monoisotopic (exact) mass is 327 g/mol. The van der Waals surface area contributed by atoms with Gasteiger partial charge in [0, 0.05) is 0 Å². The maximum atomic E-state index is 12.6. The lowest BCUT2D eigenvalue weighted by atomic mass is 9.99. The van der Waals surface area contributed by atoms with E-state index in [9.17, 15) is 4.79 Å². The van der Waals surface area contributed by atoms with Crippen molar-refractivity contribution < 1.29 is 4.79 Å². The van der Waals surface area contributed by atoms with Gasteiger partial charge in [-0.05, 0) is 35.4 Å². The molecule has 0 spiro atoms. The molecule has 0 aliphatic heterocycles. The number of carbonyl (C=O) groups excluding carboxylic acids is 1. The summed E-state index contributed by atoms with van der Waals surface area (Å²) in [7, 11) is 0. The average molecular weight is 327 g/mol. The summed E-state index contributed by atoms with van der Waals surface area (Å²) >= 11 is 0. The zero-order valence-electron chi connectivity index (χ0n) is 13.8. The number of para-hydroxylation sites is 2. The molecule has 1 aromatic heterocycles. The molecule has 0 saturated heterocycles. The van der Waals surface area contributed by atoms with Crippen LogP contribution < -0.4 is 5.32 Å². The van der Waals surface area contributed by atoms with Crippen molar-refractivity contribution in [2.24, 2.45) is 0 Å². The molecule has 0 fully saturated rings. The van der Waals surface area contributed by atoms with Gasteiger partial charge in [-0.25, -0.2) is 4.98 Å². The lowest BCUT2D eigenvalue weighted by Gasteiger charge is -2.16. The molecule has 4 rings (SSSR count). The highest BCUT2D eigenvalue weighted by molar-refractivity contribution is 5.94. The molecule has 3 aromatic carbocycles. The van der Waals surface area contributed by atoms with Gasteiger partial charge >= 0.3 is 0 Å². The summed E-state index contributed by atoms with van der Waals surface area (Å²) in [6, 6.07) is 21.7. The Morgan fingerprint density at radius 2 is 1.64 bits per heavy atom. The second-order valence-corrected chi connectivity index (χ2v) is 6.01. The van der Waals surface area contributed by atoms with E-state index < -0.39 is 0 Å². The van der Waals surface area contributed by atoms with Crippen LogP contribution in [0.3, 0.4) is 0 Å². The SMILES string of the molecule is CC(NC(=O)c1cnc2ccccc2n1)c1cccc2ccccc12. The quantitative estimate of drug-likeness (QED) is 0.611. The van der Waals surface area contributed by atoms with E-state index in [1.165, 1.54) is 6.20 Å². The minimum atomic E-state index is -0.223. The van der Waals surface area contributed by atoms with Crippen LogP contribution >= 0.6 is 0 Å². The van der Waals surface area contributed by atoms with Gasteiger partial charge in [0.2, 0.25) is 0 Å². The third-order valence-corrected chi connectivity index (χ3v) is 4.32. The summed E-state index contributed by atoms with van der Waals surface area (Å²) in [5.74, 6) is -0.223. The van der Waals surface area contributed by atoms with Crippen LogP contribution in [-0.2, 0) is 0 Å². The van der Waals surface area contributed by atoms with Crippen molar-refractivity contribution in [1.29, 1.82) is 0 Å².